The fourth-order valence-corrected chi connectivity index (χ4v) is 2.13. The van der Waals surface area contributed by atoms with Crippen LogP contribution in [0.25, 0.3) is 0 Å². The Bertz CT molecular complexity index is 437. The number of carbonyl (C=O) groups is 3. The van der Waals surface area contributed by atoms with Gasteiger partial charge >= 0.3 is 6.09 Å². The molecule has 118 valence electrons. The van der Waals surface area contributed by atoms with Crippen LogP contribution in [0.15, 0.2) is 12.2 Å². The average Bonchev–Trinajstić information content (AvgIpc) is 2.34. The Labute approximate surface area is 125 Å². The number of amides is 3. The van der Waals surface area contributed by atoms with E-state index in [0.29, 0.717) is 0 Å². The van der Waals surface area contributed by atoms with Gasteiger partial charge in [0.2, 0.25) is 11.8 Å². The molecule has 0 heterocycles. The van der Waals surface area contributed by atoms with Gasteiger partial charge in [-0.15, -0.1) is 0 Å². The highest BCUT2D eigenvalue weighted by atomic mass is 16.6. The Balaban J connectivity index is 2.57. The zero-order valence-corrected chi connectivity index (χ0v) is 13.1. The molecule has 0 radical (unpaired) electrons. The van der Waals surface area contributed by atoms with E-state index in [1.165, 1.54) is 11.8 Å². The number of nitrogens with one attached hydrogen (secondary N) is 1. The van der Waals surface area contributed by atoms with Crippen LogP contribution < -0.4 is 5.32 Å². The molecule has 1 aliphatic rings. The zero-order valence-electron chi connectivity index (χ0n) is 13.1. The van der Waals surface area contributed by atoms with Crippen molar-refractivity contribution in [2.75, 3.05) is 6.54 Å². The molecular weight excluding hydrogens is 272 g/mol. The minimum absolute atomic E-state index is 0.0827. The monoisotopic (exact) mass is 296 g/mol. The topological polar surface area (TPSA) is 75.7 Å². The first-order valence-corrected chi connectivity index (χ1v) is 7.16. The summed E-state index contributed by atoms with van der Waals surface area (Å²) < 4.78 is 5.01. The van der Waals surface area contributed by atoms with E-state index < -0.39 is 17.6 Å². The third kappa shape index (κ3) is 6.42. The third-order valence-electron chi connectivity index (χ3n) is 2.99. The van der Waals surface area contributed by atoms with Crippen molar-refractivity contribution < 1.29 is 19.1 Å². The van der Waals surface area contributed by atoms with Crippen molar-refractivity contribution in [3.05, 3.63) is 12.2 Å². The van der Waals surface area contributed by atoms with Gasteiger partial charge in [-0.25, -0.2) is 4.79 Å². The maximum atomic E-state index is 11.9. The zero-order chi connectivity index (χ0) is 16.0. The molecule has 21 heavy (non-hydrogen) atoms. The first-order chi connectivity index (χ1) is 9.69. The molecule has 1 atom stereocenters. The Morgan fingerprint density at radius 2 is 2.00 bits per heavy atom. The standard InChI is InChI=1S/C15H24N2O4/c1-11(18)17(12-8-6-5-7-9-12)10-13(19)16-14(20)21-15(2,3)4/h6,8,12H,5,7,9-10H2,1-4H3,(H,16,19,20)/t12-/m1/s1. The quantitative estimate of drug-likeness (QED) is 0.808. The van der Waals surface area contributed by atoms with E-state index in [9.17, 15) is 14.4 Å². The van der Waals surface area contributed by atoms with Crippen LogP contribution in [0.2, 0.25) is 0 Å². The van der Waals surface area contributed by atoms with E-state index >= 15 is 0 Å². The summed E-state index contributed by atoms with van der Waals surface area (Å²) >= 11 is 0. The summed E-state index contributed by atoms with van der Waals surface area (Å²) in [6.45, 7) is 6.41. The number of rotatable bonds is 3. The average molecular weight is 296 g/mol. The molecule has 0 bridgehead atoms. The smallest absolute Gasteiger partial charge is 0.414 e. The van der Waals surface area contributed by atoms with Crippen molar-refractivity contribution >= 4 is 17.9 Å². The molecular formula is C15H24N2O4. The Kier molecular flexibility index (Phi) is 5.93. The summed E-state index contributed by atoms with van der Waals surface area (Å²) in [5.74, 6) is -0.732. The van der Waals surface area contributed by atoms with Gasteiger partial charge in [-0.3, -0.25) is 14.9 Å². The molecule has 1 N–H and O–H groups in total. The molecule has 0 spiro atoms. The van der Waals surface area contributed by atoms with E-state index in [-0.39, 0.29) is 18.5 Å². The lowest BCUT2D eigenvalue weighted by atomic mass is 10.0. The fraction of sp³-hybridized carbons (Fsp3) is 0.667. The van der Waals surface area contributed by atoms with Gasteiger partial charge in [-0.05, 0) is 40.0 Å². The van der Waals surface area contributed by atoms with Crippen molar-refractivity contribution in [1.29, 1.82) is 0 Å². The Morgan fingerprint density at radius 1 is 1.33 bits per heavy atom. The van der Waals surface area contributed by atoms with Crippen LogP contribution in [-0.4, -0.2) is 41.0 Å². The molecule has 1 rings (SSSR count). The van der Waals surface area contributed by atoms with Crippen LogP contribution in [0.3, 0.4) is 0 Å². The van der Waals surface area contributed by atoms with Crippen molar-refractivity contribution in [3.63, 3.8) is 0 Å². The number of hydrogen-bond acceptors (Lipinski definition) is 4. The molecule has 6 nitrogen and oxygen atoms in total. The predicted octanol–water partition coefficient (Wildman–Crippen LogP) is 1.99. The maximum absolute atomic E-state index is 11.9. The second kappa shape index (κ2) is 7.24. The second-order valence-corrected chi connectivity index (χ2v) is 6.12. The predicted molar refractivity (Wildman–Crippen MR) is 78.5 cm³/mol. The van der Waals surface area contributed by atoms with Crippen LogP contribution in [0.5, 0.6) is 0 Å². The van der Waals surface area contributed by atoms with Crippen LogP contribution in [-0.2, 0) is 14.3 Å². The molecule has 0 aromatic heterocycles. The normalized spacial score (nSPS) is 18.0. The number of carbonyl (C=O) groups excluding carboxylic acids is 3. The largest absolute Gasteiger partial charge is 0.444 e. The van der Waals surface area contributed by atoms with Gasteiger partial charge in [-0.1, -0.05) is 12.2 Å². The van der Waals surface area contributed by atoms with Crippen LogP contribution in [0.1, 0.15) is 47.0 Å². The number of imide groups is 1. The third-order valence-corrected chi connectivity index (χ3v) is 2.99. The van der Waals surface area contributed by atoms with Gasteiger partial charge in [0, 0.05) is 6.92 Å². The molecule has 3 amide bonds. The number of ether oxygens (including phenoxy) is 1. The summed E-state index contributed by atoms with van der Waals surface area (Å²) in [5.41, 5.74) is -0.670. The Hall–Kier alpha value is -1.85. The minimum atomic E-state index is -0.796. The molecule has 0 unspecified atom stereocenters. The SMILES string of the molecule is CC(=O)N(CC(=O)NC(=O)OC(C)(C)C)[C@@H]1C=CCCC1. The van der Waals surface area contributed by atoms with Gasteiger partial charge in [0.15, 0.2) is 0 Å². The minimum Gasteiger partial charge on any atom is -0.444 e. The molecule has 0 aliphatic heterocycles. The summed E-state index contributed by atoms with van der Waals surface area (Å²) in [7, 11) is 0. The summed E-state index contributed by atoms with van der Waals surface area (Å²) in [6, 6.07) is -0.0827. The van der Waals surface area contributed by atoms with E-state index in [2.05, 4.69) is 5.32 Å². The van der Waals surface area contributed by atoms with Gasteiger partial charge in [-0.2, -0.15) is 0 Å². The molecule has 0 saturated carbocycles. The van der Waals surface area contributed by atoms with Crippen LogP contribution in [0.4, 0.5) is 4.79 Å². The molecule has 0 aromatic rings. The molecule has 1 aliphatic carbocycles. The lowest BCUT2D eigenvalue weighted by Crippen LogP contribution is -2.47. The highest BCUT2D eigenvalue weighted by Crippen LogP contribution is 2.16. The van der Waals surface area contributed by atoms with E-state index in [1.54, 1.807) is 20.8 Å². The highest BCUT2D eigenvalue weighted by molar-refractivity contribution is 5.94. The van der Waals surface area contributed by atoms with E-state index in [4.69, 9.17) is 4.74 Å². The number of allylic oxidation sites excluding steroid dienone is 1. The van der Waals surface area contributed by atoms with Crippen molar-refractivity contribution in [3.8, 4) is 0 Å². The second-order valence-electron chi connectivity index (χ2n) is 6.12. The van der Waals surface area contributed by atoms with Crippen molar-refractivity contribution in [2.45, 2.75) is 58.6 Å². The first kappa shape index (κ1) is 17.2. The fourth-order valence-electron chi connectivity index (χ4n) is 2.13. The van der Waals surface area contributed by atoms with Gasteiger partial charge < -0.3 is 9.64 Å². The number of nitrogens with zero attached hydrogens (tertiary/aromatic N) is 1. The summed E-state index contributed by atoms with van der Waals surface area (Å²) in [6.07, 6.45) is 5.96. The Morgan fingerprint density at radius 3 is 2.48 bits per heavy atom. The van der Waals surface area contributed by atoms with Crippen molar-refractivity contribution in [2.24, 2.45) is 0 Å². The lowest BCUT2D eigenvalue weighted by molar-refractivity contribution is -0.135. The van der Waals surface area contributed by atoms with E-state index in [0.717, 1.165) is 19.3 Å². The van der Waals surface area contributed by atoms with Crippen molar-refractivity contribution in [1.82, 2.24) is 10.2 Å². The molecule has 0 saturated heterocycles. The molecule has 6 heteroatoms. The summed E-state index contributed by atoms with van der Waals surface area (Å²) in [5, 5.41) is 2.14. The first-order valence-electron chi connectivity index (χ1n) is 7.16. The van der Waals surface area contributed by atoms with Gasteiger partial charge in [0.25, 0.3) is 0 Å². The van der Waals surface area contributed by atoms with Gasteiger partial charge in [0.05, 0.1) is 6.04 Å². The number of alkyl carbamates (subject to hydrolysis) is 1. The highest BCUT2D eigenvalue weighted by Gasteiger charge is 2.24. The lowest BCUT2D eigenvalue weighted by Gasteiger charge is -2.30. The van der Waals surface area contributed by atoms with Crippen LogP contribution >= 0.6 is 0 Å². The number of hydrogen-bond donors (Lipinski definition) is 1. The van der Waals surface area contributed by atoms with E-state index in [1.807, 2.05) is 12.2 Å². The molecule has 0 fully saturated rings. The molecule has 0 aromatic carbocycles. The maximum Gasteiger partial charge on any atom is 0.414 e. The summed E-state index contributed by atoms with van der Waals surface area (Å²) in [4.78, 5) is 36.5. The van der Waals surface area contributed by atoms with Gasteiger partial charge in [0.1, 0.15) is 12.1 Å². The van der Waals surface area contributed by atoms with Crippen LogP contribution in [0, 0.1) is 0 Å².